The van der Waals surface area contributed by atoms with Crippen LogP contribution in [0.2, 0.25) is 10.0 Å². The van der Waals surface area contributed by atoms with Crippen LogP contribution in [0.1, 0.15) is 36.8 Å². The molecule has 4 aromatic carbocycles. The van der Waals surface area contributed by atoms with Crippen molar-refractivity contribution in [2.75, 3.05) is 50.0 Å². The molecule has 0 saturated carbocycles. The molecule has 0 unspecified atom stereocenters. The van der Waals surface area contributed by atoms with Gasteiger partial charge in [-0.25, -0.2) is 22.8 Å². The molecule has 18 heteroatoms. The molecular weight excluding hydrogens is 828 g/mol. The number of hydrogen-bond donors (Lipinski definition) is 5. The summed E-state index contributed by atoms with van der Waals surface area (Å²) < 4.78 is 52.3. The summed E-state index contributed by atoms with van der Waals surface area (Å²) in [6, 6.07) is 19.4. The van der Waals surface area contributed by atoms with Crippen molar-refractivity contribution in [1.29, 1.82) is 0 Å². The Morgan fingerprint density at radius 1 is 0.633 bits per heavy atom. The number of carbonyl (C=O) groups excluding carboxylic acids is 4. The Labute approximate surface area is 354 Å². The first kappa shape index (κ1) is 45.4. The molecule has 0 radical (unpaired) electrons. The first-order chi connectivity index (χ1) is 28.5. The van der Waals surface area contributed by atoms with Gasteiger partial charge in [-0.2, -0.15) is 0 Å². The summed E-state index contributed by atoms with van der Waals surface area (Å²) in [5, 5.41) is 16.4. The molecule has 0 aromatic heterocycles. The number of ether oxygens (including phenoxy) is 2. The monoisotopic (exact) mass is 872 g/mol. The molecule has 6 amide bonds. The van der Waals surface area contributed by atoms with Crippen LogP contribution in [0.4, 0.5) is 34.1 Å². The molecule has 320 valence electrons. The number of nitrogens with zero attached hydrogens (tertiary/aromatic N) is 2. The fourth-order valence-corrected chi connectivity index (χ4v) is 7.16. The fraction of sp³-hybridized carbons (Fsp3) is 0.333. The number of amides is 6. The van der Waals surface area contributed by atoms with E-state index >= 15 is 4.39 Å². The Hall–Kier alpha value is -5.71. The van der Waals surface area contributed by atoms with Gasteiger partial charge in [0.05, 0.1) is 17.0 Å². The van der Waals surface area contributed by atoms with Crippen molar-refractivity contribution in [3.8, 4) is 11.5 Å². The van der Waals surface area contributed by atoms with E-state index in [2.05, 4.69) is 10.6 Å². The number of anilines is 2. The molecule has 0 aliphatic carbocycles. The van der Waals surface area contributed by atoms with Gasteiger partial charge in [0.1, 0.15) is 28.8 Å². The van der Waals surface area contributed by atoms with E-state index in [-0.39, 0.29) is 91.9 Å². The molecule has 0 bridgehead atoms. The zero-order valence-corrected chi connectivity index (χ0v) is 33.9. The maximum Gasteiger partial charge on any atom is 0.316 e. The number of nitrogens with one attached hydrogen (secondary N) is 2. The number of carbonyl (C=O) groups is 4. The summed E-state index contributed by atoms with van der Waals surface area (Å²) in [4.78, 5) is 50.4. The highest BCUT2D eigenvalue weighted by molar-refractivity contribution is 6.31. The predicted octanol–water partition coefficient (Wildman–Crippen LogP) is 6.87. The second kappa shape index (κ2) is 20.5. The van der Waals surface area contributed by atoms with Gasteiger partial charge in [-0.1, -0.05) is 47.5 Å². The van der Waals surface area contributed by atoms with Gasteiger partial charge in [-0.15, -0.1) is 0 Å². The molecule has 2 aliphatic rings. The van der Waals surface area contributed by atoms with E-state index in [4.69, 9.17) is 44.1 Å². The van der Waals surface area contributed by atoms with E-state index in [0.29, 0.717) is 42.4 Å². The van der Waals surface area contributed by atoms with Crippen molar-refractivity contribution in [2.45, 2.75) is 49.8 Å². The van der Waals surface area contributed by atoms with E-state index in [9.17, 15) is 33.1 Å². The number of benzene rings is 4. The smallest absolute Gasteiger partial charge is 0.316 e. The number of nitrogens with two attached hydrogens (primary N) is 2. The van der Waals surface area contributed by atoms with Crippen molar-refractivity contribution < 1.29 is 46.9 Å². The van der Waals surface area contributed by atoms with Gasteiger partial charge in [0.15, 0.2) is 13.2 Å². The first-order valence-electron chi connectivity index (χ1n) is 18.9. The van der Waals surface area contributed by atoms with Crippen LogP contribution in [0.15, 0.2) is 84.9 Å². The zero-order valence-electron chi connectivity index (χ0n) is 32.4. The topological polar surface area (TPSA) is 190 Å². The van der Waals surface area contributed by atoms with Crippen molar-refractivity contribution in [3.05, 3.63) is 118 Å². The number of urea groups is 2. The normalized spacial score (nSPS) is 15.5. The second-order valence-corrected chi connectivity index (χ2v) is 15.5. The van der Waals surface area contributed by atoms with Gasteiger partial charge in [0.25, 0.3) is 11.8 Å². The van der Waals surface area contributed by atoms with Crippen LogP contribution in [0.3, 0.4) is 0 Å². The highest BCUT2D eigenvalue weighted by atomic mass is 35.5. The van der Waals surface area contributed by atoms with Gasteiger partial charge in [-0.3, -0.25) is 9.59 Å². The van der Waals surface area contributed by atoms with E-state index < -0.39 is 23.3 Å². The standard InChI is InChI=1S/C21H22ClF2N3O3.C21H23ClFN3O4/c22-15-3-6-18(17(11-15)26-20(25)29)30-13-19(28)27-9-7-21(24,8-10-27)12-14-1-4-16(23)5-2-14;22-15-3-6-18(17(11-15)25-20(24)28)30-13-19(27)26-9-7-21(29,8-10-26)12-14-1-4-16(23)5-2-14/h1-6,11H,7-10,12-13H2,(H3,25,26,29);1-6,11,29H,7-10,12-13H2,(H3,24,25,28). The van der Waals surface area contributed by atoms with E-state index in [1.54, 1.807) is 52.3 Å². The molecular formula is C42H45Cl2F3N6O7. The second-order valence-electron chi connectivity index (χ2n) is 14.6. The molecule has 2 saturated heterocycles. The SMILES string of the molecule is NC(=O)Nc1cc(Cl)ccc1OCC(=O)N1CCC(F)(Cc2ccc(F)cc2)CC1.NC(=O)Nc1cc(Cl)ccc1OCC(=O)N1CCC(O)(Cc2ccc(F)cc2)CC1. The van der Waals surface area contributed by atoms with Crippen LogP contribution in [0, 0.1) is 11.6 Å². The van der Waals surface area contributed by atoms with Crippen LogP contribution < -0.4 is 31.6 Å². The van der Waals surface area contributed by atoms with E-state index in [0.717, 1.165) is 11.1 Å². The van der Waals surface area contributed by atoms with Crippen LogP contribution in [-0.4, -0.2) is 89.4 Å². The maximum atomic E-state index is 15.1. The number of alkyl halides is 1. The van der Waals surface area contributed by atoms with Crippen molar-refractivity contribution in [1.82, 2.24) is 9.80 Å². The van der Waals surface area contributed by atoms with E-state index in [1.165, 1.54) is 42.5 Å². The lowest BCUT2D eigenvalue weighted by atomic mass is 9.85. The van der Waals surface area contributed by atoms with Gasteiger partial charge in [0.2, 0.25) is 0 Å². The lowest BCUT2D eigenvalue weighted by Crippen LogP contribution is -2.48. The molecule has 13 nitrogen and oxygen atoms in total. The number of primary amides is 2. The van der Waals surface area contributed by atoms with Gasteiger partial charge in [0, 0.05) is 49.1 Å². The molecule has 0 spiro atoms. The Bertz CT molecular complexity index is 1980. The Morgan fingerprint density at radius 3 is 1.42 bits per heavy atom. The average Bonchev–Trinajstić information content (AvgIpc) is 3.19. The highest BCUT2D eigenvalue weighted by Crippen LogP contribution is 2.33. The van der Waals surface area contributed by atoms with Gasteiger partial charge >= 0.3 is 12.1 Å². The highest BCUT2D eigenvalue weighted by Gasteiger charge is 2.37. The number of rotatable bonds is 12. The number of piperidine rings is 2. The summed E-state index contributed by atoms with van der Waals surface area (Å²) >= 11 is 11.8. The quantitative estimate of drug-likeness (QED) is 0.103. The molecule has 7 N–H and O–H groups in total. The minimum Gasteiger partial charge on any atom is -0.482 e. The van der Waals surface area contributed by atoms with Gasteiger partial charge in [-0.05, 0) is 97.5 Å². The van der Waals surface area contributed by atoms with Gasteiger partial charge < -0.3 is 46.5 Å². The van der Waals surface area contributed by atoms with Crippen LogP contribution in [-0.2, 0) is 22.4 Å². The van der Waals surface area contributed by atoms with Crippen LogP contribution in [0.25, 0.3) is 0 Å². The molecule has 60 heavy (non-hydrogen) atoms. The molecule has 2 heterocycles. The molecule has 0 atom stereocenters. The lowest BCUT2D eigenvalue weighted by molar-refractivity contribution is -0.137. The Kier molecular flexibility index (Phi) is 15.5. The first-order valence-corrected chi connectivity index (χ1v) is 19.7. The summed E-state index contributed by atoms with van der Waals surface area (Å²) in [6.07, 6.45) is 1.77. The molecule has 2 aliphatic heterocycles. The number of aliphatic hydroxyl groups is 1. The summed E-state index contributed by atoms with van der Waals surface area (Å²) in [6.45, 7) is 0.775. The van der Waals surface area contributed by atoms with Crippen LogP contribution in [0.5, 0.6) is 11.5 Å². The third-order valence-corrected chi connectivity index (χ3v) is 10.5. The third-order valence-electron chi connectivity index (χ3n) is 10.0. The third kappa shape index (κ3) is 13.7. The Balaban J connectivity index is 0.000000228. The summed E-state index contributed by atoms with van der Waals surface area (Å²) in [7, 11) is 0. The maximum absolute atomic E-state index is 15.1. The predicted molar refractivity (Wildman–Crippen MR) is 221 cm³/mol. The number of hydrogen-bond acceptors (Lipinski definition) is 7. The largest absolute Gasteiger partial charge is 0.482 e. The van der Waals surface area contributed by atoms with E-state index in [1.807, 2.05) is 0 Å². The molecule has 4 aromatic rings. The Morgan fingerprint density at radius 2 is 1.02 bits per heavy atom. The minimum absolute atomic E-state index is 0.179. The molecule has 6 rings (SSSR count). The summed E-state index contributed by atoms with van der Waals surface area (Å²) in [5.41, 5.74) is 9.98. The average molecular weight is 874 g/mol. The minimum atomic E-state index is -1.44. The van der Waals surface area contributed by atoms with Crippen LogP contribution >= 0.6 is 23.2 Å². The van der Waals surface area contributed by atoms with Crippen molar-refractivity contribution in [3.63, 3.8) is 0 Å². The fourth-order valence-electron chi connectivity index (χ4n) is 6.81. The van der Waals surface area contributed by atoms with Crippen molar-refractivity contribution in [2.24, 2.45) is 11.5 Å². The number of likely N-dealkylation sites (tertiary alicyclic amines) is 2. The summed E-state index contributed by atoms with van der Waals surface area (Å²) in [5.74, 6) is -0.684. The lowest BCUT2D eigenvalue weighted by Gasteiger charge is -2.38. The number of halogens is 5. The zero-order chi connectivity index (χ0) is 43.5. The molecule has 2 fully saturated rings. The van der Waals surface area contributed by atoms with Crippen molar-refractivity contribution >= 4 is 58.5 Å².